The van der Waals surface area contributed by atoms with Gasteiger partial charge in [0.1, 0.15) is 18.5 Å². The first-order valence-corrected chi connectivity index (χ1v) is 6.83. The van der Waals surface area contributed by atoms with E-state index >= 15 is 0 Å². The molecule has 1 aromatic rings. The number of aryl methyl sites for hydroxylation is 1. The van der Waals surface area contributed by atoms with Crippen molar-refractivity contribution in [3.05, 3.63) is 23.5 Å². The first-order chi connectivity index (χ1) is 9.31. The van der Waals surface area contributed by atoms with Crippen LogP contribution in [0.25, 0.3) is 0 Å². The van der Waals surface area contributed by atoms with Gasteiger partial charge in [0.05, 0.1) is 12.3 Å². The molecule has 2 N–H and O–H groups in total. The minimum absolute atomic E-state index is 0.0122. The second kappa shape index (κ2) is 7.57. The van der Waals surface area contributed by atoms with E-state index in [2.05, 4.69) is 31.1 Å². The van der Waals surface area contributed by atoms with E-state index < -0.39 is 6.10 Å². The van der Waals surface area contributed by atoms with Crippen molar-refractivity contribution in [1.29, 1.82) is 0 Å². The van der Waals surface area contributed by atoms with Crippen LogP contribution in [0.2, 0.25) is 0 Å². The third-order valence-corrected chi connectivity index (χ3v) is 2.65. The SMILES string of the molecule is COCC(O)COc1ccc(C)nc1CNC(C)(C)C. The molecule has 0 aliphatic heterocycles. The number of rotatable bonds is 7. The first kappa shape index (κ1) is 16.9. The van der Waals surface area contributed by atoms with E-state index in [1.165, 1.54) is 0 Å². The number of methoxy groups -OCH3 is 1. The highest BCUT2D eigenvalue weighted by atomic mass is 16.5. The van der Waals surface area contributed by atoms with Crippen molar-refractivity contribution in [2.45, 2.75) is 45.9 Å². The van der Waals surface area contributed by atoms with Gasteiger partial charge >= 0.3 is 0 Å². The van der Waals surface area contributed by atoms with Gasteiger partial charge in [-0.15, -0.1) is 0 Å². The van der Waals surface area contributed by atoms with Crippen LogP contribution in [-0.4, -0.2) is 42.1 Å². The summed E-state index contributed by atoms with van der Waals surface area (Å²) in [4.78, 5) is 4.50. The van der Waals surface area contributed by atoms with E-state index in [1.54, 1.807) is 7.11 Å². The van der Waals surface area contributed by atoms with Crippen LogP contribution in [0.5, 0.6) is 5.75 Å². The molecule has 5 nitrogen and oxygen atoms in total. The van der Waals surface area contributed by atoms with E-state index in [0.717, 1.165) is 11.4 Å². The van der Waals surface area contributed by atoms with E-state index in [9.17, 15) is 5.11 Å². The largest absolute Gasteiger partial charge is 0.489 e. The molecular formula is C15H26N2O3. The van der Waals surface area contributed by atoms with E-state index in [4.69, 9.17) is 9.47 Å². The van der Waals surface area contributed by atoms with Crippen LogP contribution in [0.15, 0.2) is 12.1 Å². The molecule has 0 aliphatic carbocycles. The summed E-state index contributed by atoms with van der Waals surface area (Å²) in [6.45, 7) is 9.34. The fraction of sp³-hybridized carbons (Fsp3) is 0.667. The molecular weight excluding hydrogens is 256 g/mol. The lowest BCUT2D eigenvalue weighted by Gasteiger charge is -2.21. The normalized spacial score (nSPS) is 13.3. The van der Waals surface area contributed by atoms with Crippen molar-refractivity contribution in [2.24, 2.45) is 0 Å². The highest BCUT2D eigenvalue weighted by Crippen LogP contribution is 2.18. The van der Waals surface area contributed by atoms with Crippen LogP contribution >= 0.6 is 0 Å². The Balaban J connectivity index is 2.69. The van der Waals surface area contributed by atoms with E-state index in [0.29, 0.717) is 12.3 Å². The number of hydrogen-bond acceptors (Lipinski definition) is 5. The minimum Gasteiger partial charge on any atom is -0.489 e. The van der Waals surface area contributed by atoms with Gasteiger partial charge in [-0.1, -0.05) is 0 Å². The zero-order chi connectivity index (χ0) is 15.2. The molecule has 20 heavy (non-hydrogen) atoms. The van der Waals surface area contributed by atoms with Crippen LogP contribution < -0.4 is 10.1 Å². The molecule has 1 heterocycles. The fourth-order valence-electron chi connectivity index (χ4n) is 1.63. The Bertz CT molecular complexity index is 416. The molecule has 114 valence electrons. The Labute approximate surface area is 121 Å². The number of pyridine rings is 1. The van der Waals surface area contributed by atoms with Crippen molar-refractivity contribution in [3.8, 4) is 5.75 Å². The summed E-state index contributed by atoms with van der Waals surface area (Å²) in [5.74, 6) is 0.697. The van der Waals surface area contributed by atoms with E-state index in [1.807, 2.05) is 19.1 Å². The van der Waals surface area contributed by atoms with Gasteiger partial charge in [-0.25, -0.2) is 0 Å². The Kier molecular flexibility index (Phi) is 6.39. The highest BCUT2D eigenvalue weighted by Gasteiger charge is 2.13. The van der Waals surface area contributed by atoms with Crippen LogP contribution in [0, 0.1) is 6.92 Å². The van der Waals surface area contributed by atoms with Crippen molar-refractivity contribution < 1.29 is 14.6 Å². The maximum Gasteiger partial charge on any atom is 0.142 e. The number of aliphatic hydroxyl groups excluding tert-OH is 1. The lowest BCUT2D eigenvalue weighted by atomic mass is 10.1. The lowest BCUT2D eigenvalue weighted by molar-refractivity contribution is 0.0321. The number of aromatic nitrogens is 1. The Morgan fingerprint density at radius 2 is 2.00 bits per heavy atom. The molecule has 0 radical (unpaired) electrons. The zero-order valence-electron chi connectivity index (χ0n) is 13.1. The summed E-state index contributed by atoms with van der Waals surface area (Å²) >= 11 is 0. The van der Waals surface area contributed by atoms with Crippen molar-refractivity contribution in [1.82, 2.24) is 10.3 Å². The Morgan fingerprint density at radius 3 is 2.60 bits per heavy atom. The van der Waals surface area contributed by atoms with E-state index in [-0.39, 0.29) is 18.8 Å². The molecule has 1 rings (SSSR count). The smallest absolute Gasteiger partial charge is 0.142 e. The average molecular weight is 282 g/mol. The Morgan fingerprint density at radius 1 is 1.30 bits per heavy atom. The molecule has 0 bridgehead atoms. The summed E-state index contributed by atoms with van der Waals surface area (Å²) < 4.78 is 10.5. The number of nitrogens with zero attached hydrogens (tertiary/aromatic N) is 1. The van der Waals surface area contributed by atoms with Crippen molar-refractivity contribution in [3.63, 3.8) is 0 Å². The van der Waals surface area contributed by atoms with Crippen LogP contribution in [0.1, 0.15) is 32.2 Å². The van der Waals surface area contributed by atoms with Gasteiger partial charge in [0.15, 0.2) is 0 Å². The monoisotopic (exact) mass is 282 g/mol. The lowest BCUT2D eigenvalue weighted by Crippen LogP contribution is -2.35. The fourth-order valence-corrected chi connectivity index (χ4v) is 1.63. The number of nitrogens with one attached hydrogen (secondary N) is 1. The molecule has 1 aromatic heterocycles. The maximum atomic E-state index is 9.63. The zero-order valence-corrected chi connectivity index (χ0v) is 13.1. The van der Waals surface area contributed by atoms with Gasteiger partial charge in [-0.3, -0.25) is 4.98 Å². The topological polar surface area (TPSA) is 63.6 Å². The van der Waals surface area contributed by atoms with Crippen LogP contribution in [0.4, 0.5) is 0 Å². The van der Waals surface area contributed by atoms with Gasteiger partial charge in [0, 0.05) is 24.9 Å². The summed E-state index contributed by atoms with van der Waals surface area (Å²) in [6.07, 6.45) is -0.635. The van der Waals surface area contributed by atoms with Crippen LogP contribution in [0.3, 0.4) is 0 Å². The minimum atomic E-state index is -0.635. The molecule has 1 atom stereocenters. The van der Waals surface area contributed by atoms with Gasteiger partial charge < -0.3 is 19.9 Å². The number of aliphatic hydroxyl groups is 1. The molecule has 0 saturated carbocycles. The second-order valence-corrected chi connectivity index (χ2v) is 5.92. The highest BCUT2D eigenvalue weighted by molar-refractivity contribution is 5.29. The first-order valence-electron chi connectivity index (χ1n) is 6.83. The molecule has 1 unspecified atom stereocenters. The van der Waals surface area contributed by atoms with Gasteiger partial charge in [0.2, 0.25) is 0 Å². The van der Waals surface area contributed by atoms with Crippen molar-refractivity contribution in [2.75, 3.05) is 20.3 Å². The standard InChI is InChI=1S/C15H26N2O3/c1-11-6-7-14(20-10-12(18)9-19-5)13(17-11)8-16-15(2,3)4/h6-7,12,16,18H,8-10H2,1-5H3. The Hall–Kier alpha value is -1.17. The number of ether oxygens (including phenoxy) is 2. The predicted molar refractivity (Wildman–Crippen MR) is 78.9 cm³/mol. The molecule has 0 aliphatic rings. The van der Waals surface area contributed by atoms with Gasteiger partial charge in [0.25, 0.3) is 0 Å². The summed E-state index contributed by atoms with van der Waals surface area (Å²) in [7, 11) is 1.55. The predicted octanol–water partition coefficient (Wildman–Crippen LogP) is 1.66. The second-order valence-electron chi connectivity index (χ2n) is 5.92. The average Bonchev–Trinajstić information content (AvgIpc) is 2.34. The van der Waals surface area contributed by atoms with Crippen LogP contribution in [-0.2, 0) is 11.3 Å². The maximum absolute atomic E-state index is 9.63. The molecule has 0 fully saturated rings. The summed E-state index contributed by atoms with van der Waals surface area (Å²) in [5, 5.41) is 13.0. The summed E-state index contributed by atoms with van der Waals surface area (Å²) in [5.41, 5.74) is 1.81. The van der Waals surface area contributed by atoms with Gasteiger partial charge in [-0.2, -0.15) is 0 Å². The molecule has 0 amide bonds. The molecule has 0 spiro atoms. The van der Waals surface area contributed by atoms with Crippen molar-refractivity contribution >= 4 is 0 Å². The number of hydrogen-bond donors (Lipinski definition) is 2. The third-order valence-electron chi connectivity index (χ3n) is 2.65. The van der Waals surface area contributed by atoms with Gasteiger partial charge in [-0.05, 0) is 39.8 Å². The molecule has 0 aromatic carbocycles. The quantitative estimate of drug-likeness (QED) is 0.796. The molecule has 5 heteroatoms. The molecule has 0 saturated heterocycles. The summed E-state index contributed by atoms with van der Waals surface area (Å²) in [6, 6.07) is 3.79. The third kappa shape index (κ3) is 6.32.